The Kier molecular flexibility index (Phi) is 9.09. The lowest BCUT2D eigenvalue weighted by Gasteiger charge is -2.17. The third-order valence-electron chi connectivity index (χ3n) is 1.69. The van der Waals surface area contributed by atoms with Gasteiger partial charge in [0.15, 0.2) is 0 Å². The number of carbonyl (C=O) groups excluding carboxylic acids is 1. The number of nitrogens with zero attached hydrogens (tertiary/aromatic N) is 1. The van der Waals surface area contributed by atoms with Crippen LogP contribution >= 0.6 is 7.82 Å². The minimum Gasteiger partial charge on any atom is -0.434 e. The molecule has 0 spiro atoms. The maximum Gasteiger partial charge on any atom is 0.477 e. The van der Waals surface area contributed by atoms with Crippen molar-refractivity contribution in [3.05, 3.63) is 12.2 Å². The molecule has 7 nitrogen and oxygen atoms in total. The molecule has 0 heterocycles. The Balaban J connectivity index is 4.26. The van der Waals surface area contributed by atoms with Crippen LogP contribution in [0.2, 0.25) is 0 Å². The zero-order valence-corrected chi connectivity index (χ0v) is 12.0. The van der Waals surface area contributed by atoms with E-state index in [4.69, 9.17) is 18.8 Å². The predicted molar refractivity (Wildman–Crippen MR) is 66.9 cm³/mol. The minimum atomic E-state index is -3.74. The molecule has 0 aromatic carbocycles. The van der Waals surface area contributed by atoms with E-state index in [9.17, 15) is 9.36 Å². The first-order valence-corrected chi connectivity index (χ1v) is 7.25. The van der Waals surface area contributed by atoms with Gasteiger partial charge in [0.05, 0.1) is 13.2 Å². The maximum atomic E-state index is 12.0. The number of ether oxygens (including phenoxy) is 1. The van der Waals surface area contributed by atoms with E-state index in [2.05, 4.69) is 11.3 Å². The summed E-state index contributed by atoms with van der Waals surface area (Å²) in [5.41, 5.74) is -0.373. The van der Waals surface area contributed by atoms with Crippen LogP contribution < -0.4 is 0 Å². The largest absolute Gasteiger partial charge is 0.477 e. The van der Waals surface area contributed by atoms with Crippen molar-refractivity contribution in [1.29, 1.82) is 5.26 Å². The number of esters is 1. The highest BCUT2D eigenvalue weighted by atomic mass is 31.2. The Morgan fingerprint density at radius 3 is 2.16 bits per heavy atom. The molecule has 0 rings (SSSR count). The van der Waals surface area contributed by atoms with Crippen LogP contribution in [0.5, 0.6) is 0 Å². The van der Waals surface area contributed by atoms with E-state index >= 15 is 0 Å². The molecule has 0 saturated carbocycles. The highest BCUT2D eigenvalue weighted by molar-refractivity contribution is 7.48. The van der Waals surface area contributed by atoms with Crippen molar-refractivity contribution >= 4 is 13.8 Å². The monoisotopic (exact) mass is 291 g/mol. The van der Waals surface area contributed by atoms with Gasteiger partial charge < -0.3 is 4.74 Å². The van der Waals surface area contributed by atoms with E-state index in [-0.39, 0.29) is 18.8 Å². The van der Waals surface area contributed by atoms with Gasteiger partial charge in [-0.2, -0.15) is 5.26 Å². The van der Waals surface area contributed by atoms with E-state index in [1.165, 1.54) is 6.07 Å². The van der Waals surface area contributed by atoms with Crippen LogP contribution in [0.1, 0.15) is 26.7 Å². The second-order valence-electron chi connectivity index (χ2n) is 3.38. The molecule has 0 saturated heterocycles. The van der Waals surface area contributed by atoms with Gasteiger partial charge in [-0.1, -0.05) is 20.4 Å². The number of hydrogen-bond donors (Lipinski definition) is 0. The van der Waals surface area contributed by atoms with Crippen molar-refractivity contribution in [2.45, 2.75) is 26.7 Å². The molecule has 0 aliphatic rings. The quantitative estimate of drug-likeness (QED) is 0.201. The van der Waals surface area contributed by atoms with Crippen molar-refractivity contribution in [1.82, 2.24) is 0 Å². The number of rotatable bonds is 10. The Labute approximate surface area is 112 Å². The molecule has 0 unspecified atom stereocenters. The number of nitriles is 1. The van der Waals surface area contributed by atoms with E-state index in [0.717, 1.165) is 0 Å². The fraction of sp³-hybridized carbons (Fsp3) is 0.636. The summed E-state index contributed by atoms with van der Waals surface area (Å²) in [6, 6.07) is 1.52. The Hall–Kier alpha value is -1.19. The van der Waals surface area contributed by atoms with Crippen molar-refractivity contribution in [2.75, 3.05) is 20.0 Å². The lowest BCUT2D eigenvalue weighted by molar-refractivity contribution is -0.145. The van der Waals surface area contributed by atoms with Gasteiger partial charge in [-0.3, -0.25) is 9.05 Å². The summed E-state index contributed by atoms with van der Waals surface area (Å²) in [5, 5.41) is 8.40. The molecule has 0 atom stereocenters. The van der Waals surface area contributed by atoms with Gasteiger partial charge in [-0.25, -0.2) is 13.9 Å². The second-order valence-corrected chi connectivity index (χ2v) is 5.05. The zero-order valence-electron chi connectivity index (χ0n) is 11.1. The van der Waals surface area contributed by atoms with Gasteiger partial charge in [0, 0.05) is 0 Å². The average Bonchev–Trinajstić information content (AvgIpc) is 2.42. The maximum absolute atomic E-state index is 12.0. The molecule has 108 valence electrons. The summed E-state index contributed by atoms with van der Waals surface area (Å²) in [6.07, 6.45) is 1.27. The molecule has 8 heteroatoms. The summed E-state index contributed by atoms with van der Waals surface area (Å²) in [7, 11) is -3.74. The Bertz CT molecular complexity index is 377. The molecule has 0 radical (unpaired) electrons. The molecule has 0 aliphatic heterocycles. The first kappa shape index (κ1) is 17.8. The molecule has 0 aromatic rings. The predicted octanol–water partition coefficient (Wildman–Crippen LogP) is 2.54. The standard InChI is InChI=1S/C11H18NO6P/c1-4-6-16-19(14,17-7-5-2)18-9-15-11(13)10(3)8-12/h3-7,9H2,1-2H3. The van der Waals surface area contributed by atoms with Crippen molar-refractivity contribution in [2.24, 2.45) is 0 Å². The lowest BCUT2D eigenvalue weighted by Crippen LogP contribution is -2.10. The fourth-order valence-corrected chi connectivity index (χ4v) is 2.01. The van der Waals surface area contributed by atoms with Crippen LogP contribution in [-0.2, 0) is 27.7 Å². The summed E-state index contributed by atoms with van der Waals surface area (Å²) in [6.45, 7) is 6.59. The number of phosphoric ester groups is 1. The van der Waals surface area contributed by atoms with Gasteiger partial charge in [0.2, 0.25) is 6.79 Å². The van der Waals surface area contributed by atoms with Crippen LogP contribution in [0, 0.1) is 11.3 Å². The molecule has 0 amide bonds. The summed E-state index contributed by atoms with van der Waals surface area (Å²) >= 11 is 0. The molecular weight excluding hydrogens is 273 g/mol. The summed E-state index contributed by atoms with van der Waals surface area (Å²) < 4.78 is 31.3. The molecule has 0 aliphatic carbocycles. The number of phosphoric acid groups is 1. The van der Waals surface area contributed by atoms with Crippen LogP contribution in [0.3, 0.4) is 0 Å². The van der Waals surface area contributed by atoms with Gasteiger partial charge >= 0.3 is 13.8 Å². The van der Waals surface area contributed by atoms with Crippen LogP contribution in [-0.4, -0.2) is 26.0 Å². The minimum absolute atomic E-state index is 0.194. The summed E-state index contributed by atoms with van der Waals surface area (Å²) in [4.78, 5) is 11.1. The van der Waals surface area contributed by atoms with Crippen LogP contribution in [0.4, 0.5) is 0 Å². The summed E-state index contributed by atoms with van der Waals surface area (Å²) in [5.74, 6) is -0.944. The van der Waals surface area contributed by atoms with E-state index in [1.807, 2.05) is 13.8 Å². The first-order valence-electron chi connectivity index (χ1n) is 5.78. The molecule has 19 heavy (non-hydrogen) atoms. The van der Waals surface area contributed by atoms with Crippen molar-refractivity contribution in [3.8, 4) is 6.07 Å². The lowest BCUT2D eigenvalue weighted by atomic mass is 10.3. The van der Waals surface area contributed by atoms with Gasteiger partial charge in [-0.05, 0) is 12.8 Å². The Morgan fingerprint density at radius 1 is 1.21 bits per heavy atom. The van der Waals surface area contributed by atoms with Gasteiger partial charge in [0.25, 0.3) is 0 Å². The molecule has 0 bridgehead atoms. The Morgan fingerprint density at radius 2 is 1.74 bits per heavy atom. The van der Waals surface area contributed by atoms with Gasteiger partial charge in [0.1, 0.15) is 11.6 Å². The number of carbonyl (C=O) groups is 1. The molecule has 0 aromatic heterocycles. The van der Waals surface area contributed by atoms with Crippen molar-refractivity contribution in [3.63, 3.8) is 0 Å². The highest BCUT2D eigenvalue weighted by Crippen LogP contribution is 2.49. The third kappa shape index (κ3) is 7.75. The van der Waals surface area contributed by atoms with E-state index in [0.29, 0.717) is 12.8 Å². The molecule has 0 fully saturated rings. The number of hydrogen-bond acceptors (Lipinski definition) is 7. The normalized spacial score (nSPS) is 10.8. The molecule has 0 N–H and O–H groups in total. The third-order valence-corrected chi connectivity index (χ3v) is 3.11. The van der Waals surface area contributed by atoms with Gasteiger partial charge in [-0.15, -0.1) is 0 Å². The van der Waals surface area contributed by atoms with E-state index < -0.39 is 20.6 Å². The highest BCUT2D eigenvalue weighted by Gasteiger charge is 2.26. The van der Waals surface area contributed by atoms with E-state index in [1.54, 1.807) is 0 Å². The average molecular weight is 291 g/mol. The van der Waals surface area contributed by atoms with Crippen LogP contribution in [0.15, 0.2) is 12.2 Å². The van der Waals surface area contributed by atoms with Crippen LogP contribution in [0.25, 0.3) is 0 Å². The first-order chi connectivity index (χ1) is 8.99. The SMILES string of the molecule is C=C(C#N)C(=O)OCOP(=O)(OCCC)OCCC. The topological polar surface area (TPSA) is 94.9 Å². The zero-order chi connectivity index (χ0) is 14.7. The van der Waals surface area contributed by atoms with Crippen molar-refractivity contribution < 1.29 is 27.7 Å². The fourth-order valence-electron chi connectivity index (χ4n) is 0.795. The molecular formula is C11H18NO6P. The smallest absolute Gasteiger partial charge is 0.434 e. The second kappa shape index (κ2) is 9.70.